The number of carboxylic acid groups (broad SMARTS) is 1. The number of aromatic nitrogens is 5. The van der Waals surface area contributed by atoms with Crippen molar-refractivity contribution >= 4 is 78.4 Å². The molecule has 0 unspecified atom stereocenters. The minimum absolute atomic E-state index is 0.129. The molecule has 14 heteroatoms. The summed E-state index contributed by atoms with van der Waals surface area (Å²) in [6, 6.07) is 16.8. The van der Waals surface area contributed by atoms with E-state index in [-0.39, 0.29) is 20.6 Å². The lowest BCUT2D eigenvalue weighted by molar-refractivity contribution is -0.135. The Hall–Kier alpha value is -3.33. The lowest BCUT2D eigenvalue weighted by Gasteiger charge is -2.25. The van der Waals surface area contributed by atoms with Crippen LogP contribution in [0.5, 0.6) is 0 Å². The highest BCUT2D eigenvalue weighted by Crippen LogP contribution is 2.34. The fourth-order valence-electron chi connectivity index (χ4n) is 4.06. The van der Waals surface area contributed by atoms with Gasteiger partial charge in [-0.25, -0.2) is 8.42 Å². The monoisotopic (exact) mass is 738 g/mol. The summed E-state index contributed by atoms with van der Waals surface area (Å²) in [5.74, 6) is -0.690. The maximum Gasteiger partial charge on any atom is 0.324 e. The number of fused-ring (bicyclic) bond motifs is 1. The molecule has 5 aromatic rings. The van der Waals surface area contributed by atoms with Crippen molar-refractivity contribution in [2.75, 3.05) is 10.8 Å². The number of hydrogen-bond donors (Lipinski definition) is 1. The quantitative estimate of drug-likeness (QED) is 0.194. The number of carboxylic acids is 1. The van der Waals surface area contributed by atoms with E-state index in [2.05, 4.69) is 43.0 Å². The number of carbonyl (C=O) groups is 1. The molecule has 0 bridgehead atoms. The highest BCUT2D eigenvalue weighted by Gasteiger charge is 2.30. The number of aliphatic carboxylic acids is 1. The third-order valence-corrected chi connectivity index (χ3v) is 8.79. The van der Waals surface area contributed by atoms with E-state index in [0.29, 0.717) is 23.2 Å². The van der Waals surface area contributed by atoms with Crippen molar-refractivity contribution in [3.8, 4) is 5.82 Å². The van der Waals surface area contributed by atoms with Crippen LogP contribution in [0, 0.1) is 17.5 Å². The summed E-state index contributed by atoms with van der Waals surface area (Å²) in [7, 11) is -4.29. The van der Waals surface area contributed by atoms with Gasteiger partial charge in [0.05, 0.1) is 27.5 Å². The van der Waals surface area contributed by atoms with Gasteiger partial charge in [-0.1, -0.05) is 30.1 Å². The zero-order valence-electron chi connectivity index (χ0n) is 22.7. The van der Waals surface area contributed by atoms with Crippen LogP contribution in [0.2, 0.25) is 10.0 Å². The number of hydrogen-bond acceptors (Lipinski definition) is 7. The van der Waals surface area contributed by atoms with Crippen LogP contribution in [0.4, 0.5) is 5.69 Å². The van der Waals surface area contributed by atoms with Gasteiger partial charge in [0.1, 0.15) is 10.2 Å². The Balaban J connectivity index is 0.000000437. The summed E-state index contributed by atoms with van der Waals surface area (Å²) in [4.78, 5) is 11.5. The van der Waals surface area contributed by atoms with Crippen molar-refractivity contribution in [3.05, 3.63) is 97.6 Å². The first-order valence-corrected chi connectivity index (χ1v) is 15.8. The van der Waals surface area contributed by atoms with E-state index in [4.69, 9.17) is 23.2 Å². The van der Waals surface area contributed by atoms with Crippen LogP contribution >= 0.6 is 45.8 Å². The van der Waals surface area contributed by atoms with Crippen molar-refractivity contribution in [1.29, 1.82) is 0 Å². The molecule has 0 aliphatic carbocycles. The van der Waals surface area contributed by atoms with Crippen molar-refractivity contribution < 1.29 is 18.3 Å². The predicted octanol–water partition coefficient (Wildman–Crippen LogP) is 6.27. The second kappa shape index (κ2) is 13.3. The maximum atomic E-state index is 13.6. The number of benzene rings is 2. The molecule has 0 spiro atoms. The van der Waals surface area contributed by atoms with Crippen molar-refractivity contribution in [2.45, 2.75) is 32.1 Å². The van der Waals surface area contributed by atoms with Crippen LogP contribution in [0.25, 0.3) is 16.7 Å². The SMILES string of the molecule is CCc1cc2c(ccn2-c2ccc(C)nn2)cc1N(CC(=O)O)S(=O)(=O)c1cc(Cl)cc(Cl)c1.Cc1ccc(I)nn1. The van der Waals surface area contributed by atoms with Gasteiger partial charge in [-0.3, -0.25) is 13.7 Å². The molecule has 0 saturated carbocycles. The molecule has 0 saturated heterocycles. The molecule has 0 atom stereocenters. The molecule has 10 nitrogen and oxygen atoms in total. The largest absolute Gasteiger partial charge is 0.480 e. The number of sulfonamides is 1. The van der Waals surface area contributed by atoms with E-state index in [1.165, 1.54) is 18.2 Å². The molecular weight excluding hydrogens is 714 g/mol. The minimum Gasteiger partial charge on any atom is -0.480 e. The van der Waals surface area contributed by atoms with E-state index >= 15 is 0 Å². The summed E-state index contributed by atoms with van der Waals surface area (Å²) in [5, 5.41) is 26.5. The molecule has 3 aromatic heterocycles. The Morgan fingerprint density at radius 2 is 1.57 bits per heavy atom. The summed E-state index contributed by atoms with van der Waals surface area (Å²) >= 11 is 14.2. The molecule has 1 N–H and O–H groups in total. The van der Waals surface area contributed by atoms with E-state index in [1.54, 1.807) is 12.3 Å². The maximum absolute atomic E-state index is 13.6. The van der Waals surface area contributed by atoms with E-state index in [9.17, 15) is 18.3 Å². The van der Waals surface area contributed by atoms with Crippen LogP contribution in [0.1, 0.15) is 23.9 Å². The number of halogens is 3. The summed E-state index contributed by atoms with van der Waals surface area (Å²) in [6.45, 7) is 4.86. The number of anilines is 1. The molecule has 0 radical (unpaired) electrons. The fourth-order valence-corrected chi connectivity index (χ4v) is 6.52. The van der Waals surface area contributed by atoms with Gasteiger partial charge in [0.15, 0.2) is 5.82 Å². The van der Waals surface area contributed by atoms with Gasteiger partial charge < -0.3 is 5.11 Å². The highest BCUT2D eigenvalue weighted by atomic mass is 127. The molecule has 3 heterocycles. The van der Waals surface area contributed by atoms with Gasteiger partial charge in [0.25, 0.3) is 10.0 Å². The van der Waals surface area contributed by atoms with Crippen LogP contribution < -0.4 is 4.31 Å². The molecule has 42 heavy (non-hydrogen) atoms. The standard InChI is InChI=1S/C23H20Cl2N4O4S.C5H5IN2/c1-3-15-8-20-16(6-7-28(20)22-5-4-14(2)26-27-22)9-21(15)29(13-23(30)31)34(32,33)19-11-17(24)10-18(25)12-19;1-4-2-3-5(6)8-7-4/h4-12H,3,13H2,1-2H3,(H,30,31);2-3H,1H3. The Kier molecular flexibility index (Phi) is 10.0. The number of rotatable bonds is 7. The number of aryl methyl sites for hydroxylation is 3. The molecule has 218 valence electrons. The van der Waals surface area contributed by atoms with Crippen LogP contribution in [0.3, 0.4) is 0 Å². The zero-order valence-corrected chi connectivity index (χ0v) is 27.1. The Morgan fingerprint density at radius 1 is 0.929 bits per heavy atom. The second-order valence-electron chi connectivity index (χ2n) is 9.12. The van der Waals surface area contributed by atoms with Crippen LogP contribution in [0.15, 0.2) is 71.8 Å². The zero-order chi connectivity index (χ0) is 30.6. The molecule has 0 fully saturated rings. The van der Waals surface area contributed by atoms with E-state index in [1.807, 2.05) is 61.7 Å². The Morgan fingerprint density at radius 3 is 2.10 bits per heavy atom. The third kappa shape index (κ3) is 7.35. The van der Waals surface area contributed by atoms with Gasteiger partial charge >= 0.3 is 5.97 Å². The Labute approximate surface area is 266 Å². The van der Waals surface area contributed by atoms with E-state index in [0.717, 1.165) is 24.9 Å². The number of nitrogens with zero attached hydrogens (tertiary/aromatic N) is 6. The van der Waals surface area contributed by atoms with Crippen molar-refractivity contribution in [1.82, 2.24) is 25.0 Å². The third-order valence-electron chi connectivity index (χ3n) is 6.04. The average molecular weight is 739 g/mol. The molecule has 0 aliphatic rings. The van der Waals surface area contributed by atoms with Crippen molar-refractivity contribution in [2.24, 2.45) is 0 Å². The molecule has 0 aliphatic heterocycles. The minimum atomic E-state index is -4.29. The lowest BCUT2D eigenvalue weighted by atomic mass is 10.1. The van der Waals surface area contributed by atoms with Gasteiger partial charge in [-0.15, -0.1) is 10.2 Å². The molecule has 2 aromatic carbocycles. The van der Waals surface area contributed by atoms with Gasteiger partial charge in [0, 0.05) is 21.6 Å². The molecular formula is C28H25Cl2IN6O4S. The van der Waals surface area contributed by atoms with Crippen LogP contribution in [-0.2, 0) is 21.2 Å². The smallest absolute Gasteiger partial charge is 0.324 e. The normalized spacial score (nSPS) is 11.2. The molecule has 0 amide bonds. The first kappa shape index (κ1) is 31.6. The van der Waals surface area contributed by atoms with Gasteiger partial charge in [0.2, 0.25) is 0 Å². The average Bonchev–Trinajstić information content (AvgIpc) is 3.35. The Bertz CT molecular complexity index is 1810. The second-order valence-corrected chi connectivity index (χ2v) is 13.0. The first-order valence-electron chi connectivity index (χ1n) is 12.5. The lowest BCUT2D eigenvalue weighted by Crippen LogP contribution is -2.36. The highest BCUT2D eigenvalue weighted by molar-refractivity contribution is 14.1. The summed E-state index contributed by atoms with van der Waals surface area (Å²) in [5.41, 5.74) is 3.45. The topological polar surface area (TPSA) is 131 Å². The van der Waals surface area contributed by atoms with Gasteiger partial charge in [-0.05, 0) is 109 Å². The van der Waals surface area contributed by atoms with Gasteiger partial charge in [-0.2, -0.15) is 10.2 Å². The first-order chi connectivity index (χ1) is 19.9. The van der Waals surface area contributed by atoms with Crippen LogP contribution in [-0.4, -0.2) is 51.0 Å². The fraction of sp³-hybridized carbons (Fsp3) is 0.179. The van der Waals surface area contributed by atoms with Crippen molar-refractivity contribution in [3.63, 3.8) is 0 Å². The summed E-state index contributed by atoms with van der Waals surface area (Å²) < 4.78 is 30.8. The summed E-state index contributed by atoms with van der Waals surface area (Å²) in [6.07, 6.45) is 2.26. The van der Waals surface area contributed by atoms with E-state index < -0.39 is 22.5 Å². The predicted molar refractivity (Wildman–Crippen MR) is 171 cm³/mol. The molecule has 5 rings (SSSR count).